The highest BCUT2D eigenvalue weighted by Gasteiger charge is 2.17. The van der Waals surface area contributed by atoms with Crippen LogP contribution in [0.4, 0.5) is 0 Å². The van der Waals surface area contributed by atoms with Crippen molar-refractivity contribution in [1.82, 2.24) is 5.32 Å². The average Bonchev–Trinajstić information content (AvgIpc) is 2.18. The third kappa shape index (κ3) is 10.5. The van der Waals surface area contributed by atoms with Crippen LogP contribution in [-0.4, -0.2) is 37.4 Å². The van der Waals surface area contributed by atoms with Gasteiger partial charge in [-0.2, -0.15) is 0 Å². The molecule has 0 saturated heterocycles. The zero-order chi connectivity index (χ0) is 14.4. The summed E-state index contributed by atoms with van der Waals surface area (Å²) >= 11 is 0. The molecule has 0 aliphatic rings. The summed E-state index contributed by atoms with van der Waals surface area (Å²) in [6.45, 7) is 15.6. The summed E-state index contributed by atoms with van der Waals surface area (Å²) in [7, 11) is 0. The fourth-order valence-electron chi connectivity index (χ4n) is 1.13. The lowest BCUT2D eigenvalue weighted by atomic mass is 9.98. The van der Waals surface area contributed by atoms with Crippen LogP contribution in [0.3, 0.4) is 0 Å². The lowest BCUT2D eigenvalue weighted by Gasteiger charge is -2.22. The minimum absolute atomic E-state index is 0.0733. The van der Waals surface area contributed by atoms with Gasteiger partial charge in [0.1, 0.15) is 6.10 Å². The largest absolute Gasteiger partial charge is 0.374 e. The number of ether oxygens (including phenoxy) is 2. The molecular weight excluding hydrogens is 230 g/mol. The summed E-state index contributed by atoms with van der Waals surface area (Å²) < 4.78 is 11.0. The van der Waals surface area contributed by atoms with Crippen molar-refractivity contribution in [3.63, 3.8) is 0 Å². The maximum absolute atomic E-state index is 11.7. The second kappa shape index (κ2) is 7.10. The van der Waals surface area contributed by atoms with E-state index in [0.29, 0.717) is 19.8 Å². The van der Waals surface area contributed by atoms with Gasteiger partial charge >= 0.3 is 0 Å². The van der Waals surface area contributed by atoms with Crippen LogP contribution in [0.15, 0.2) is 0 Å². The van der Waals surface area contributed by atoms with E-state index in [1.54, 1.807) is 6.92 Å². The Morgan fingerprint density at radius 2 is 1.72 bits per heavy atom. The minimum Gasteiger partial charge on any atom is -0.374 e. The first-order valence-electron chi connectivity index (χ1n) is 6.54. The molecule has 1 N–H and O–H groups in total. The van der Waals surface area contributed by atoms with Crippen LogP contribution in [0.2, 0.25) is 0 Å². The van der Waals surface area contributed by atoms with Crippen molar-refractivity contribution < 1.29 is 14.3 Å². The van der Waals surface area contributed by atoms with Crippen LogP contribution < -0.4 is 5.32 Å². The number of carbonyl (C=O) groups excluding carboxylic acids is 1. The number of hydrogen-bond donors (Lipinski definition) is 1. The standard InChI is InChI=1S/C14H29NO3/c1-11(17-10-13(2,3)4)12(16)15-8-9-18-14(5,6)7/h11H,8-10H2,1-7H3,(H,15,16)/t11-/m0/s1. The first kappa shape index (κ1) is 17.4. The molecule has 18 heavy (non-hydrogen) atoms. The van der Waals surface area contributed by atoms with Crippen molar-refractivity contribution in [3.05, 3.63) is 0 Å². The Balaban J connectivity index is 3.75. The molecule has 4 nitrogen and oxygen atoms in total. The molecule has 0 aromatic rings. The molecule has 0 aliphatic heterocycles. The topological polar surface area (TPSA) is 47.6 Å². The van der Waals surface area contributed by atoms with Crippen LogP contribution in [0.25, 0.3) is 0 Å². The molecule has 4 heteroatoms. The van der Waals surface area contributed by atoms with Crippen molar-refractivity contribution in [2.45, 2.75) is 60.2 Å². The third-order valence-corrected chi connectivity index (χ3v) is 2.07. The highest BCUT2D eigenvalue weighted by Crippen LogP contribution is 2.14. The molecule has 1 amide bonds. The first-order valence-corrected chi connectivity index (χ1v) is 6.54. The Bertz CT molecular complexity index is 251. The maximum Gasteiger partial charge on any atom is 0.248 e. The van der Waals surface area contributed by atoms with Crippen molar-refractivity contribution >= 4 is 5.91 Å². The average molecular weight is 259 g/mol. The Kier molecular flexibility index (Phi) is 6.86. The van der Waals surface area contributed by atoms with Gasteiger partial charge in [0.15, 0.2) is 0 Å². The summed E-state index contributed by atoms with van der Waals surface area (Å²) in [5.41, 5.74) is -0.0943. The van der Waals surface area contributed by atoms with Gasteiger partial charge in [0, 0.05) is 6.54 Å². The van der Waals surface area contributed by atoms with Gasteiger partial charge in [0.2, 0.25) is 5.91 Å². The van der Waals surface area contributed by atoms with Gasteiger partial charge in [0.25, 0.3) is 0 Å². The monoisotopic (exact) mass is 259 g/mol. The second-order valence-corrected chi connectivity index (χ2v) is 6.77. The van der Waals surface area contributed by atoms with Crippen molar-refractivity contribution in [2.24, 2.45) is 5.41 Å². The fourth-order valence-corrected chi connectivity index (χ4v) is 1.13. The summed E-state index contributed by atoms with van der Waals surface area (Å²) in [6.07, 6.45) is -0.418. The van der Waals surface area contributed by atoms with Crippen LogP contribution in [-0.2, 0) is 14.3 Å². The molecule has 0 radical (unpaired) electrons. The smallest absolute Gasteiger partial charge is 0.248 e. The molecule has 0 spiro atoms. The van der Waals surface area contributed by atoms with Gasteiger partial charge in [-0.3, -0.25) is 4.79 Å². The van der Waals surface area contributed by atoms with E-state index >= 15 is 0 Å². The molecule has 0 aromatic carbocycles. The Morgan fingerprint density at radius 1 is 1.17 bits per heavy atom. The second-order valence-electron chi connectivity index (χ2n) is 6.77. The van der Waals surface area contributed by atoms with E-state index in [1.165, 1.54) is 0 Å². The molecule has 0 heterocycles. The Labute approximate surface area is 111 Å². The molecule has 0 bridgehead atoms. The van der Waals surface area contributed by atoms with Gasteiger partial charge < -0.3 is 14.8 Å². The normalized spacial score (nSPS) is 14.4. The van der Waals surface area contributed by atoms with E-state index in [9.17, 15) is 4.79 Å². The van der Waals surface area contributed by atoms with E-state index in [1.807, 2.05) is 20.8 Å². The Morgan fingerprint density at radius 3 is 2.17 bits per heavy atom. The minimum atomic E-state index is -0.418. The molecule has 1 atom stereocenters. The lowest BCUT2D eigenvalue weighted by Crippen LogP contribution is -2.38. The number of rotatable bonds is 6. The summed E-state index contributed by atoms with van der Waals surface area (Å²) in [6, 6.07) is 0. The molecule has 0 saturated carbocycles. The van der Waals surface area contributed by atoms with Crippen molar-refractivity contribution in [1.29, 1.82) is 0 Å². The van der Waals surface area contributed by atoms with Crippen LogP contribution in [0, 0.1) is 5.41 Å². The van der Waals surface area contributed by atoms with Gasteiger partial charge in [-0.1, -0.05) is 20.8 Å². The fraction of sp³-hybridized carbons (Fsp3) is 0.929. The maximum atomic E-state index is 11.7. The first-order chi connectivity index (χ1) is 8.01. The number of carbonyl (C=O) groups is 1. The third-order valence-electron chi connectivity index (χ3n) is 2.07. The quantitative estimate of drug-likeness (QED) is 0.745. The van der Waals surface area contributed by atoms with Crippen LogP contribution in [0.1, 0.15) is 48.5 Å². The Hall–Kier alpha value is -0.610. The molecular formula is C14H29NO3. The molecule has 0 fully saturated rings. The molecule has 108 valence electrons. The number of nitrogens with one attached hydrogen (secondary N) is 1. The van der Waals surface area contributed by atoms with Crippen molar-refractivity contribution in [2.75, 3.05) is 19.8 Å². The predicted octanol–water partition coefficient (Wildman–Crippen LogP) is 2.37. The van der Waals surface area contributed by atoms with E-state index in [0.717, 1.165) is 0 Å². The van der Waals surface area contributed by atoms with Crippen LogP contribution >= 0.6 is 0 Å². The van der Waals surface area contributed by atoms with Gasteiger partial charge in [-0.05, 0) is 33.1 Å². The van der Waals surface area contributed by atoms with Gasteiger partial charge in [-0.15, -0.1) is 0 Å². The highest BCUT2D eigenvalue weighted by molar-refractivity contribution is 5.80. The van der Waals surface area contributed by atoms with Gasteiger partial charge in [-0.25, -0.2) is 0 Å². The molecule has 0 aromatic heterocycles. The van der Waals surface area contributed by atoms with E-state index in [4.69, 9.17) is 9.47 Å². The van der Waals surface area contributed by atoms with E-state index in [2.05, 4.69) is 26.1 Å². The molecule has 0 rings (SSSR count). The molecule has 0 unspecified atom stereocenters. The summed E-state index contributed by atoms with van der Waals surface area (Å²) in [4.78, 5) is 11.7. The summed E-state index contributed by atoms with van der Waals surface area (Å²) in [5, 5.41) is 2.80. The SMILES string of the molecule is C[C@H](OCC(C)(C)C)C(=O)NCCOC(C)(C)C. The van der Waals surface area contributed by atoms with Gasteiger partial charge in [0.05, 0.1) is 18.8 Å². The summed E-state index contributed by atoms with van der Waals surface area (Å²) in [5.74, 6) is -0.0863. The zero-order valence-electron chi connectivity index (χ0n) is 12.9. The zero-order valence-corrected chi connectivity index (χ0v) is 12.9. The van der Waals surface area contributed by atoms with Crippen molar-refractivity contribution in [3.8, 4) is 0 Å². The molecule has 0 aliphatic carbocycles. The highest BCUT2D eigenvalue weighted by atomic mass is 16.5. The van der Waals surface area contributed by atoms with Crippen LogP contribution in [0.5, 0.6) is 0 Å². The number of hydrogen-bond acceptors (Lipinski definition) is 3. The predicted molar refractivity (Wildman–Crippen MR) is 73.6 cm³/mol. The van der Waals surface area contributed by atoms with E-state index < -0.39 is 6.10 Å². The lowest BCUT2D eigenvalue weighted by molar-refractivity contribution is -0.133. The number of amides is 1. The van der Waals surface area contributed by atoms with E-state index in [-0.39, 0.29) is 16.9 Å².